The summed E-state index contributed by atoms with van der Waals surface area (Å²) in [6.45, 7) is 5.64. The molecule has 1 atom stereocenters. The molecule has 1 N–H and O–H groups in total. The Balaban J connectivity index is 1.80. The lowest BCUT2D eigenvalue weighted by Crippen LogP contribution is -2.30. The molecule has 1 aliphatic rings. The Morgan fingerprint density at radius 3 is 2.67 bits per heavy atom. The van der Waals surface area contributed by atoms with E-state index in [1.807, 2.05) is 32.0 Å². The molecule has 5 nitrogen and oxygen atoms in total. The van der Waals surface area contributed by atoms with Crippen LogP contribution < -0.4 is 10.1 Å². The lowest BCUT2D eigenvalue weighted by Gasteiger charge is -2.17. The average molecular weight is 388 g/mol. The van der Waals surface area contributed by atoms with Crippen LogP contribution in [0.1, 0.15) is 51.7 Å². The molecule has 3 rings (SSSR count). The molecule has 0 aliphatic heterocycles. The zero-order valence-corrected chi connectivity index (χ0v) is 17.0. The molecule has 0 spiro atoms. The summed E-state index contributed by atoms with van der Waals surface area (Å²) >= 11 is 1.47. The van der Waals surface area contributed by atoms with Gasteiger partial charge in [0.25, 0.3) is 5.91 Å². The van der Waals surface area contributed by atoms with Crippen molar-refractivity contribution in [2.75, 3.05) is 12.4 Å². The molecular weight excluding hydrogens is 362 g/mol. The maximum absolute atomic E-state index is 12.7. The zero-order chi connectivity index (χ0) is 19.6. The summed E-state index contributed by atoms with van der Waals surface area (Å²) in [6, 6.07) is 5.90. The third kappa shape index (κ3) is 4.16. The van der Waals surface area contributed by atoms with Crippen LogP contribution in [0.5, 0.6) is 5.75 Å². The van der Waals surface area contributed by atoms with Gasteiger partial charge in [0.15, 0.2) is 6.10 Å². The van der Waals surface area contributed by atoms with Crippen LogP contribution in [-0.4, -0.2) is 25.1 Å². The number of carbonyl (C=O) groups is 2. The van der Waals surface area contributed by atoms with E-state index in [1.54, 1.807) is 6.92 Å². The van der Waals surface area contributed by atoms with Gasteiger partial charge >= 0.3 is 5.97 Å². The van der Waals surface area contributed by atoms with Gasteiger partial charge in [-0.3, -0.25) is 4.79 Å². The number of amides is 1. The summed E-state index contributed by atoms with van der Waals surface area (Å²) in [7, 11) is 1.37. The van der Waals surface area contributed by atoms with Crippen molar-refractivity contribution in [3.8, 4) is 5.75 Å². The van der Waals surface area contributed by atoms with Gasteiger partial charge in [-0.1, -0.05) is 12.1 Å². The molecule has 1 unspecified atom stereocenters. The highest BCUT2D eigenvalue weighted by molar-refractivity contribution is 7.17. The van der Waals surface area contributed by atoms with Gasteiger partial charge in [-0.15, -0.1) is 11.3 Å². The van der Waals surface area contributed by atoms with Gasteiger partial charge in [0, 0.05) is 4.88 Å². The van der Waals surface area contributed by atoms with Crippen molar-refractivity contribution >= 4 is 28.2 Å². The molecular formula is C21H25NO4S. The van der Waals surface area contributed by atoms with Crippen molar-refractivity contribution in [3.05, 3.63) is 45.3 Å². The normalized spacial score (nSPS) is 14.2. The van der Waals surface area contributed by atoms with Crippen LogP contribution >= 0.6 is 11.3 Å². The van der Waals surface area contributed by atoms with Crippen LogP contribution in [0, 0.1) is 13.8 Å². The van der Waals surface area contributed by atoms with E-state index in [4.69, 9.17) is 9.47 Å². The van der Waals surface area contributed by atoms with Crippen LogP contribution in [0.3, 0.4) is 0 Å². The van der Waals surface area contributed by atoms with E-state index in [-0.39, 0.29) is 5.91 Å². The Bertz CT molecular complexity index is 871. The minimum Gasteiger partial charge on any atom is -0.481 e. The van der Waals surface area contributed by atoms with E-state index in [0.717, 1.165) is 42.4 Å². The van der Waals surface area contributed by atoms with E-state index in [2.05, 4.69) is 5.32 Å². The van der Waals surface area contributed by atoms with Gasteiger partial charge in [0.05, 0.1) is 12.7 Å². The third-order valence-electron chi connectivity index (χ3n) is 4.81. The monoisotopic (exact) mass is 387 g/mol. The van der Waals surface area contributed by atoms with Gasteiger partial charge < -0.3 is 14.8 Å². The Hall–Kier alpha value is -2.34. The van der Waals surface area contributed by atoms with Crippen molar-refractivity contribution < 1.29 is 19.1 Å². The molecule has 0 fully saturated rings. The first-order chi connectivity index (χ1) is 12.9. The highest BCUT2D eigenvalue weighted by atomic mass is 32.1. The SMILES string of the molecule is COC(=O)c1c(NC(=O)C(C)Oc2cc(C)ccc2C)sc2c1CCCC2. The Morgan fingerprint density at radius 1 is 1.19 bits per heavy atom. The van der Waals surface area contributed by atoms with E-state index in [1.165, 1.54) is 23.3 Å². The number of thiophene rings is 1. The summed E-state index contributed by atoms with van der Waals surface area (Å²) in [4.78, 5) is 26.2. The first-order valence-electron chi connectivity index (χ1n) is 9.18. The van der Waals surface area contributed by atoms with Crippen LogP contribution in [0.2, 0.25) is 0 Å². The Morgan fingerprint density at radius 2 is 1.93 bits per heavy atom. The number of anilines is 1. The number of ether oxygens (including phenoxy) is 2. The number of esters is 1. The number of hydrogen-bond acceptors (Lipinski definition) is 5. The lowest BCUT2D eigenvalue weighted by atomic mass is 9.95. The third-order valence-corrected chi connectivity index (χ3v) is 6.02. The van der Waals surface area contributed by atoms with Crippen LogP contribution in [0.4, 0.5) is 5.00 Å². The van der Waals surface area contributed by atoms with Crippen LogP contribution in [0.25, 0.3) is 0 Å². The summed E-state index contributed by atoms with van der Waals surface area (Å²) in [5.41, 5.74) is 3.57. The maximum atomic E-state index is 12.7. The van der Waals surface area contributed by atoms with E-state index in [9.17, 15) is 9.59 Å². The summed E-state index contributed by atoms with van der Waals surface area (Å²) < 4.78 is 10.8. The van der Waals surface area contributed by atoms with E-state index < -0.39 is 12.1 Å². The fourth-order valence-corrected chi connectivity index (χ4v) is 4.54. The lowest BCUT2D eigenvalue weighted by molar-refractivity contribution is -0.122. The first-order valence-corrected chi connectivity index (χ1v) is 10.00. The first kappa shape index (κ1) is 19.4. The molecule has 1 aromatic carbocycles. The minimum absolute atomic E-state index is 0.278. The van der Waals surface area contributed by atoms with Gasteiger partial charge in [0.1, 0.15) is 10.8 Å². The molecule has 144 valence electrons. The molecule has 0 bridgehead atoms. The fraction of sp³-hybridized carbons (Fsp3) is 0.429. The highest BCUT2D eigenvalue weighted by Crippen LogP contribution is 2.38. The summed E-state index contributed by atoms with van der Waals surface area (Å²) in [6.07, 6.45) is 3.26. The number of carbonyl (C=O) groups excluding carboxylic acids is 2. The number of benzene rings is 1. The number of methoxy groups -OCH3 is 1. The van der Waals surface area contributed by atoms with Gasteiger partial charge in [-0.25, -0.2) is 4.79 Å². The molecule has 0 radical (unpaired) electrons. The molecule has 1 amide bonds. The molecule has 1 aliphatic carbocycles. The zero-order valence-electron chi connectivity index (χ0n) is 16.2. The number of nitrogens with one attached hydrogen (secondary N) is 1. The minimum atomic E-state index is -0.685. The van der Waals surface area contributed by atoms with E-state index in [0.29, 0.717) is 16.3 Å². The summed E-state index contributed by atoms with van der Waals surface area (Å²) in [5, 5.41) is 3.46. The second-order valence-electron chi connectivity index (χ2n) is 6.92. The van der Waals surface area contributed by atoms with Crippen molar-refractivity contribution in [3.63, 3.8) is 0 Å². The number of rotatable bonds is 5. The Kier molecular flexibility index (Phi) is 5.85. The van der Waals surface area contributed by atoms with Crippen LogP contribution in [0.15, 0.2) is 18.2 Å². The largest absolute Gasteiger partial charge is 0.481 e. The molecule has 0 saturated carbocycles. The van der Waals surface area contributed by atoms with E-state index >= 15 is 0 Å². The standard InChI is InChI=1S/C21H25NO4S/c1-12-9-10-13(2)16(11-12)26-14(3)19(23)22-20-18(21(24)25-4)15-7-5-6-8-17(15)27-20/h9-11,14H,5-8H2,1-4H3,(H,22,23). The Labute approximate surface area is 163 Å². The van der Waals surface area contributed by atoms with Crippen molar-refractivity contribution in [1.82, 2.24) is 0 Å². The van der Waals surface area contributed by atoms with Gasteiger partial charge in [-0.05, 0) is 69.2 Å². The average Bonchev–Trinajstić information content (AvgIpc) is 3.01. The summed E-state index contributed by atoms with van der Waals surface area (Å²) in [5.74, 6) is 0.0174. The second-order valence-corrected chi connectivity index (χ2v) is 8.03. The molecule has 2 aromatic rings. The van der Waals surface area contributed by atoms with Crippen molar-refractivity contribution in [1.29, 1.82) is 0 Å². The predicted molar refractivity (Wildman–Crippen MR) is 107 cm³/mol. The van der Waals surface area contributed by atoms with Gasteiger partial charge in [-0.2, -0.15) is 0 Å². The van der Waals surface area contributed by atoms with Crippen molar-refractivity contribution in [2.24, 2.45) is 0 Å². The topological polar surface area (TPSA) is 64.6 Å². The smallest absolute Gasteiger partial charge is 0.341 e. The number of fused-ring (bicyclic) bond motifs is 1. The molecule has 27 heavy (non-hydrogen) atoms. The number of hydrogen-bond donors (Lipinski definition) is 1. The predicted octanol–water partition coefficient (Wildman–Crippen LogP) is 4.44. The quantitative estimate of drug-likeness (QED) is 0.771. The van der Waals surface area contributed by atoms with Crippen LogP contribution in [-0.2, 0) is 22.4 Å². The molecule has 1 heterocycles. The molecule has 1 aromatic heterocycles. The fourth-order valence-electron chi connectivity index (χ4n) is 3.26. The molecule has 6 heteroatoms. The highest BCUT2D eigenvalue weighted by Gasteiger charge is 2.28. The second kappa shape index (κ2) is 8.13. The van der Waals surface area contributed by atoms with Crippen molar-refractivity contribution in [2.45, 2.75) is 52.6 Å². The maximum Gasteiger partial charge on any atom is 0.341 e. The number of aryl methyl sites for hydroxylation is 3. The molecule has 0 saturated heterocycles. The van der Waals surface area contributed by atoms with Gasteiger partial charge in [0.2, 0.25) is 0 Å².